The highest BCUT2D eigenvalue weighted by molar-refractivity contribution is 5.85. The minimum Gasteiger partial charge on any atom is -0.423 e. The number of nitriles is 1. The van der Waals surface area contributed by atoms with Gasteiger partial charge < -0.3 is 14.6 Å². The van der Waals surface area contributed by atoms with Crippen molar-refractivity contribution in [3.8, 4) is 6.07 Å². The fourth-order valence-electron chi connectivity index (χ4n) is 4.77. The van der Waals surface area contributed by atoms with Crippen molar-refractivity contribution in [3.63, 3.8) is 0 Å². The van der Waals surface area contributed by atoms with Crippen molar-refractivity contribution < 1.29 is 9.21 Å². The molecule has 0 aliphatic carbocycles. The summed E-state index contributed by atoms with van der Waals surface area (Å²) in [6.07, 6.45) is 6.95. The molecular formula is C23H31N5O2. The second-order valence-corrected chi connectivity index (χ2v) is 8.48. The minimum atomic E-state index is -0.243. The molecule has 3 atom stereocenters. The van der Waals surface area contributed by atoms with Crippen LogP contribution in [0, 0.1) is 11.3 Å². The lowest BCUT2D eigenvalue weighted by Crippen LogP contribution is -2.50. The molecule has 2 aliphatic heterocycles. The van der Waals surface area contributed by atoms with Crippen LogP contribution in [0.3, 0.4) is 0 Å². The average Bonchev–Trinajstić information content (AvgIpc) is 3.21. The van der Waals surface area contributed by atoms with Gasteiger partial charge in [0, 0.05) is 25.7 Å². The zero-order valence-corrected chi connectivity index (χ0v) is 17.7. The van der Waals surface area contributed by atoms with Crippen molar-refractivity contribution in [2.45, 2.75) is 70.0 Å². The number of nitrogens with one attached hydrogen (secondary N) is 1. The molecule has 1 amide bonds. The molecule has 4 rings (SSSR count). The van der Waals surface area contributed by atoms with E-state index in [-0.39, 0.29) is 18.0 Å². The SMILES string of the molecule is C[C@H]1CCC[C@@H](C#N)N1CCCNC(=O)[C@@H]1CCCCN1c1nc2ccccc2o1. The third-order valence-corrected chi connectivity index (χ3v) is 6.44. The first kappa shape index (κ1) is 20.7. The number of oxazole rings is 1. The van der Waals surface area contributed by atoms with Crippen LogP contribution in [-0.2, 0) is 4.79 Å². The predicted octanol–water partition coefficient (Wildman–Crippen LogP) is 3.46. The fraction of sp³-hybridized carbons (Fsp3) is 0.609. The monoisotopic (exact) mass is 409 g/mol. The minimum absolute atomic E-state index is 0.0115. The summed E-state index contributed by atoms with van der Waals surface area (Å²) >= 11 is 0. The van der Waals surface area contributed by atoms with Gasteiger partial charge in [-0.25, -0.2) is 0 Å². The number of aromatic nitrogens is 1. The van der Waals surface area contributed by atoms with Gasteiger partial charge >= 0.3 is 0 Å². The van der Waals surface area contributed by atoms with Crippen molar-refractivity contribution in [2.75, 3.05) is 24.5 Å². The Morgan fingerprint density at radius 2 is 2.13 bits per heavy atom. The van der Waals surface area contributed by atoms with Crippen LogP contribution >= 0.6 is 0 Å². The van der Waals surface area contributed by atoms with E-state index in [2.05, 4.69) is 28.2 Å². The van der Waals surface area contributed by atoms with Crippen LogP contribution < -0.4 is 10.2 Å². The van der Waals surface area contributed by atoms with Gasteiger partial charge in [0.05, 0.1) is 12.1 Å². The van der Waals surface area contributed by atoms with Gasteiger partial charge in [-0.1, -0.05) is 12.1 Å². The summed E-state index contributed by atoms with van der Waals surface area (Å²) in [5, 5.41) is 12.5. The molecule has 2 saturated heterocycles. The van der Waals surface area contributed by atoms with E-state index in [1.807, 2.05) is 29.2 Å². The Morgan fingerprint density at radius 3 is 2.97 bits per heavy atom. The standard InChI is InChI=1S/C23H31N5O2/c1-17-8-6-9-18(16-24)27(17)15-7-13-25-22(29)20-11-4-5-14-28(20)23-26-19-10-2-3-12-21(19)30-23/h2-3,10,12,17-18,20H,4-9,11,13-15H2,1H3,(H,25,29)/t17-,18-,20-/m0/s1. The summed E-state index contributed by atoms with van der Waals surface area (Å²) in [4.78, 5) is 21.8. The second kappa shape index (κ2) is 9.48. The van der Waals surface area contributed by atoms with Gasteiger partial charge in [-0.15, -0.1) is 0 Å². The molecular weight excluding hydrogens is 378 g/mol. The molecule has 1 aromatic heterocycles. The maximum Gasteiger partial charge on any atom is 0.299 e. The quantitative estimate of drug-likeness (QED) is 0.736. The van der Waals surface area contributed by atoms with E-state index in [4.69, 9.17) is 4.42 Å². The van der Waals surface area contributed by atoms with E-state index < -0.39 is 0 Å². The number of piperidine rings is 2. The summed E-state index contributed by atoms with van der Waals surface area (Å²) in [7, 11) is 0. The van der Waals surface area contributed by atoms with Gasteiger partial charge in [0.15, 0.2) is 5.58 Å². The normalized spacial score (nSPS) is 25.2. The number of carbonyl (C=O) groups excluding carboxylic acids is 1. The Hall–Kier alpha value is -2.59. The van der Waals surface area contributed by atoms with Crippen molar-refractivity contribution in [2.24, 2.45) is 0 Å². The van der Waals surface area contributed by atoms with Crippen molar-refractivity contribution >= 4 is 23.0 Å². The van der Waals surface area contributed by atoms with Gasteiger partial charge in [0.25, 0.3) is 6.01 Å². The van der Waals surface area contributed by atoms with E-state index in [0.717, 1.165) is 69.1 Å². The highest BCUT2D eigenvalue weighted by Gasteiger charge is 2.32. The number of para-hydroxylation sites is 2. The number of fused-ring (bicyclic) bond motifs is 1. The molecule has 0 saturated carbocycles. The fourth-order valence-corrected chi connectivity index (χ4v) is 4.77. The molecule has 30 heavy (non-hydrogen) atoms. The Balaban J connectivity index is 1.33. The molecule has 0 spiro atoms. The lowest BCUT2D eigenvalue weighted by molar-refractivity contribution is -0.122. The zero-order valence-electron chi connectivity index (χ0n) is 17.7. The number of amides is 1. The zero-order chi connectivity index (χ0) is 20.9. The number of anilines is 1. The van der Waals surface area contributed by atoms with Crippen molar-refractivity contribution in [1.82, 2.24) is 15.2 Å². The number of likely N-dealkylation sites (tertiary alicyclic amines) is 1. The van der Waals surface area contributed by atoms with Crippen LogP contribution in [0.1, 0.15) is 51.9 Å². The Bertz CT molecular complexity index is 871. The summed E-state index contributed by atoms with van der Waals surface area (Å²) in [5.74, 6) is 0.0421. The third-order valence-electron chi connectivity index (χ3n) is 6.44. The number of hydrogen-bond donors (Lipinski definition) is 1. The Kier molecular flexibility index (Phi) is 6.53. The lowest BCUT2D eigenvalue weighted by Gasteiger charge is -2.37. The maximum atomic E-state index is 12.9. The van der Waals surface area contributed by atoms with E-state index >= 15 is 0 Å². The summed E-state index contributed by atoms with van der Waals surface area (Å²) in [6, 6.07) is 10.9. The molecule has 0 bridgehead atoms. The summed E-state index contributed by atoms with van der Waals surface area (Å²) in [6.45, 7) is 4.44. The van der Waals surface area contributed by atoms with E-state index in [9.17, 15) is 10.1 Å². The van der Waals surface area contributed by atoms with Crippen LogP contribution in [0.2, 0.25) is 0 Å². The smallest absolute Gasteiger partial charge is 0.299 e. The van der Waals surface area contributed by atoms with Gasteiger partial charge in [0.1, 0.15) is 11.6 Å². The number of benzene rings is 1. The van der Waals surface area contributed by atoms with Gasteiger partial charge in [-0.3, -0.25) is 9.69 Å². The topological polar surface area (TPSA) is 85.4 Å². The molecule has 1 aromatic carbocycles. The number of nitrogens with zero attached hydrogens (tertiary/aromatic N) is 4. The highest BCUT2D eigenvalue weighted by atomic mass is 16.4. The van der Waals surface area contributed by atoms with Crippen LogP contribution in [0.15, 0.2) is 28.7 Å². The maximum absolute atomic E-state index is 12.9. The first-order valence-corrected chi connectivity index (χ1v) is 11.2. The summed E-state index contributed by atoms with van der Waals surface area (Å²) < 4.78 is 5.93. The molecule has 7 nitrogen and oxygen atoms in total. The molecule has 3 heterocycles. The summed E-state index contributed by atoms with van der Waals surface area (Å²) in [5.41, 5.74) is 1.57. The van der Waals surface area contributed by atoms with E-state index in [0.29, 0.717) is 18.6 Å². The molecule has 2 aromatic rings. The highest BCUT2D eigenvalue weighted by Crippen LogP contribution is 2.28. The van der Waals surface area contributed by atoms with Gasteiger partial charge in [0.2, 0.25) is 5.91 Å². The van der Waals surface area contributed by atoms with Gasteiger partial charge in [-0.05, 0) is 64.0 Å². The first-order valence-electron chi connectivity index (χ1n) is 11.2. The second-order valence-electron chi connectivity index (χ2n) is 8.48. The number of rotatable bonds is 6. The molecule has 7 heteroatoms. The number of carbonyl (C=O) groups is 1. The molecule has 2 aliphatic rings. The van der Waals surface area contributed by atoms with E-state index in [1.54, 1.807) is 0 Å². The van der Waals surface area contributed by atoms with Gasteiger partial charge in [-0.2, -0.15) is 10.2 Å². The Labute approximate surface area is 178 Å². The van der Waals surface area contributed by atoms with Crippen LogP contribution in [0.25, 0.3) is 11.1 Å². The first-order chi connectivity index (χ1) is 14.7. The lowest BCUT2D eigenvalue weighted by atomic mass is 9.97. The van der Waals surface area contributed by atoms with Crippen molar-refractivity contribution in [3.05, 3.63) is 24.3 Å². The predicted molar refractivity (Wildman–Crippen MR) is 116 cm³/mol. The Morgan fingerprint density at radius 1 is 1.27 bits per heavy atom. The van der Waals surface area contributed by atoms with Crippen LogP contribution in [-0.4, -0.2) is 53.6 Å². The van der Waals surface area contributed by atoms with Crippen molar-refractivity contribution in [1.29, 1.82) is 5.26 Å². The molecule has 160 valence electrons. The number of hydrogen-bond acceptors (Lipinski definition) is 6. The van der Waals surface area contributed by atoms with E-state index in [1.165, 1.54) is 0 Å². The molecule has 0 radical (unpaired) electrons. The molecule has 0 unspecified atom stereocenters. The largest absolute Gasteiger partial charge is 0.423 e. The molecule has 2 fully saturated rings. The van der Waals surface area contributed by atoms with Crippen LogP contribution in [0.4, 0.5) is 6.01 Å². The third kappa shape index (κ3) is 4.44. The van der Waals surface area contributed by atoms with Crippen LogP contribution in [0.5, 0.6) is 0 Å². The molecule has 1 N–H and O–H groups in total. The average molecular weight is 410 g/mol.